The Hall–Kier alpha value is -2.07. The minimum atomic E-state index is -0.173. The van der Waals surface area contributed by atoms with Gasteiger partial charge < -0.3 is 14.7 Å². The van der Waals surface area contributed by atoms with E-state index in [1.807, 2.05) is 12.1 Å². The number of hydrogen-bond acceptors (Lipinski definition) is 3. The quantitative estimate of drug-likeness (QED) is 0.891. The molecule has 27 heavy (non-hydrogen) atoms. The molecule has 1 aliphatic carbocycles. The van der Waals surface area contributed by atoms with Crippen LogP contribution in [-0.2, 0) is 11.2 Å². The maximum atomic E-state index is 13.1. The first-order valence-corrected chi connectivity index (χ1v) is 10.2. The zero-order chi connectivity index (χ0) is 18.8. The van der Waals surface area contributed by atoms with Gasteiger partial charge in [-0.2, -0.15) is 0 Å². The zero-order valence-electron chi connectivity index (χ0n) is 16.1. The van der Waals surface area contributed by atoms with Crippen LogP contribution in [0.1, 0.15) is 44.1 Å². The van der Waals surface area contributed by atoms with Gasteiger partial charge in [-0.05, 0) is 73.4 Å². The van der Waals surface area contributed by atoms with E-state index in [-0.39, 0.29) is 12.0 Å². The lowest BCUT2D eigenvalue weighted by atomic mass is 9.86. The molecule has 4 rings (SSSR count). The molecule has 4 nitrogen and oxygen atoms in total. The number of methoxy groups -OCH3 is 1. The highest BCUT2D eigenvalue weighted by molar-refractivity contribution is 5.85. The van der Waals surface area contributed by atoms with Crippen LogP contribution in [-0.4, -0.2) is 41.7 Å². The second-order valence-electron chi connectivity index (χ2n) is 8.08. The van der Waals surface area contributed by atoms with E-state index in [0.29, 0.717) is 11.9 Å². The van der Waals surface area contributed by atoms with Crippen LogP contribution >= 0.6 is 0 Å². The van der Waals surface area contributed by atoms with Gasteiger partial charge in [-0.3, -0.25) is 4.79 Å². The van der Waals surface area contributed by atoms with Gasteiger partial charge in [0.15, 0.2) is 0 Å². The first-order valence-electron chi connectivity index (χ1n) is 10.2. The summed E-state index contributed by atoms with van der Waals surface area (Å²) < 4.78 is 5.30. The summed E-state index contributed by atoms with van der Waals surface area (Å²) in [6.45, 7) is 0.883. The van der Waals surface area contributed by atoms with Crippen molar-refractivity contribution in [2.24, 2.45) is 5.92 Å². The predicted octanol–water partition coefficient (Wildman–Crippen LogP) is 3.93. The summed E-state index contributed by atoms with van der Waals surface area (Å²) >= 11 is 0. The van der Waals surface area contributed by atoms with E-state index >= 15 is 0 Å². The number of fused-ring (bicyclic) bond motifs is 1. The average molecular weight is 367 g/mol. The third kappa shape index (κ3) is 3.96. The minimum Gasteiger partial charge on any atom is -0.497 e. The van der Waals surface area contributed by atoms with Gasteiger partial charge in [0.25, 0.3) is 0 Å². The van der Waals surface area contributed by atoms with Crippen molar-refractivity contribution in [1.82, 2.24) is 4.90 Å². The molecule has 0 aromatic heterocycles. The molecule has 1 N–H and O–H groups in total. The van der Waals surface area contributed by atoms with Gasteiger partial charge in [0, 0.05) is 18.5 Å². The standard InChI is InChI=1S/C23H29NO3/c1-27-22-11-6-17-13-16(4-5-18(17)15-22)14-19-3-2-12-24(23(19)26)20-7-9-21(25)10-8-20/h4-6,11,13,15,19-21,25H,2-3,7-10,12,14H2,1H3/t19?,20-,21-. The van der Waals surface area contributed by atoms with E-state index in [0.717, 1.165) is 62.6 Å². The molecule has 1 saturated heterocycles. The Morgan fingerprint density at radius 2 is 1.78 bits per heavy atom. The number of hydrogen-bond donors (Lipinski definition) is 1. The molecule has 1 amide bonds. The Balaban J connectivity index is 1.46. The molecule has 0 radical (unpaired) electrons. The molecule has 1 unspecified atom stereocenters. The maximum absolute atomic E-state index is 13.1. The lowest BCUT2D eigenvalue weighted by Crippen LogP contribution is -2.49. The van der Waals surface area contributed by atoms with Crippen LogP contribution in [0.5, 0.6) is 5.75 Å². The Labute approximate surface area is 161 Å². The number of carbonyl (C=O) groups excluding carboxylic acids is 1. The topological polar surface area (TPSA) is 49.8 Å². The number of aliphatic hydroxyl groups is 1. The average Bonchev–Trinajstić information content (AvgIpc) is 2.70. The molecule has 144 valence electrons. The highest BCUT2D eigenvalue weighted by atomic mass is 16.5. The number of aliphatic hydroxyl groups excluding tert-OH is 1. The van der Waals surface area contributed by atoms with Crippen LogP contribution < -0.4 is 4.74 Å². The molecule has 2 aromatic carbocycles. The lowest BCUT2D eigenvalue weighted by Gasteiger charge is -2.40. The second kappa shape index (κ2) is 7.89. The van der Waals surface area contributed by atoms with Gasteiger partial charge in [0.1, 0.15) is 5.75 Å². The minimum absolute atomic E-state index is 0.0845. The predicted molar refractivity (Wildman–Crippen MR) is 107 cm³/mol. The molecule has 1 aliphatic heterocycles. The van der Waals surface area contributed by atoms with Gasteiger partial charge in [-0.15, -0.1) is 0 Å². The summed E-state index contributed by atoms with van der Waals surface area (Å²) in [7, 11) is 1.68. The molecular weight excluding hydrogens is 338 g/mol. The molecule has 2 aliphatic rings. The molecule has 4 heteroatoms. The number of rotatable bonds is 4. The van der Waals surface area contributed by atoms with Crippen molar-refractivity contribution < 1.29 is 14.6 Å². The normalized spacial score (nSPS) is 26.4. The Kier molecular flexibility index (Phi) is 5.35. The molecule has 1 saturated carbocycles. The van der Waals surface area contributed by atoms with Crippen molar-refractivity contribution in [3.05, 3.63) is 42.0 Å². The number of ether oxygens (including phenoxy) is 1. The van der Waals surface area contributed by atoms with Crippen LogP contribution in [0, 0.1) is 5.92 Å². The van der Waals surface area contributed by atoms with E-state index in [1.165, 1.54) is 10.9 Å². The van der Waals surface area contributed by atoms with Crippen molar-refractivity contribution in [3.63, 3.8) is 0 Å². The van der Waals surface area contributed by atoms with Gasteiger partial charge in [0.2, 0.25) is 5.91 Å². The Morgan fingerprint density at radius 1 is 1.04 bits per heavy atom. The lowest BCUT2D eigenvalue weighted by molar-refractivity contribution is -0.142. The summed E-state index contributed by atoms with van der Waals surface area (Å²) in [6.07, 6.45) is 6.24. The SMILES string of the molecule is COc1ccc2cc(CC3CCCN([C@H]4CC[C@H](O)CC4)C3=O)ccc2c1. The monoisotopic (exact) mass is 367 g/mol. The largest absolute Gasteiger partial charge is 0.497 e. The van der Waals surface area contributed by atoms with Crippen LogP contribution in [0.15, 0.2) is 36.4 Å². The number of piperidine rings is 1. The van der Waals surface area contributed by atoms with E-state index in [1.54, 1.807) is 7.11 Å². The van der Waals surface area contributed by atoms with Gasteiger partial charge in [-0.25, -0.2) is 0 Å². The van der Waals surface area contributed by atoms with E-state index in [9.17, 15) is 9.90 Å². The fraction of sp³-hybridized carbons (Fsp3) is 0.522. The van der Waals surface area contributed by atoms with Crippen LogP contribution in [0.4, 0.5) is 0 Å². The van der Waals surface area contributed by atoms with Crippen LogP contribution in [0.3, 0.4) is 0 Å². The summed E-state index contributed by atoms with van der Waals surface area (Å²) in [5, 5.41) is 12.1. The van der Waals surface area contributed by atoms with Crippen molar-refractivity contribution >= 4 is 16.7 Å². The number of benzene rings is 2. The smallest absolute Gasteiger partial charge is 0.226 e. The number of carbonyl (C=O) groups is 1. The van der Waals surface area contributed by atoms with E-state index in [4.69, 9.17) is 4.74 Å². The summed E-state index contributed by atoms with van der Waals surface area (Å²) in [5.74, 6) is 1.27. The molecule has 0 bridgehead atoms. The van der Waals surface area contributed by atoms with Gasteiger partial charge in [0.05, 0.1) is 13.2 Å². The summed E-state index contributed by atoms with van der Waals surface area (Å²) in [5.41, 5.74) is 1.23. The third-order valence-corrected chi connectivity index (χ3v) is 6.28. The third-order valence-electron chi connectivity index (χ3n) is 6.28. The van der Waals surface area contributed by atoms with Crippen molar-refractivity contribution in [2.75, 3.05) is 13.7 Å². The van der Waals surface area contributed by atoms with E-state index < -0.39 is 0 Å². The summed E-state index contributed by atoms with van der Waals surface area (Å²) in [6, 6.07) is 12.9. The highest BCUT2D eigenvalue weighted by Crippen LogP contribution is 2.30. The fourth-order valence-corrected chi connectivity index (χ4v) is 4.71. The highest BCUT2D eigenvalue weighted by Gasteiger charge is 2.34. The molecule has 2 aromatic rings. The van der Waals surface area contributed by atoms with Crippen molar-refractivity contribution in [1.29, 1.82) is 0 Å². The molecule has 1 heterocycles. The first kappa shape index (κ1) is 18.3. The number of nitrogens with zero attached hydrogens (tertiary/aromatic N) is 1. The fourth-order valence-electron chi connectivity index (χ4n) is 4.71. The molecule has 1 atom stereocenters. The maximum Gasteiger partial charge on any atom is 0.226 e. The Morgan fingerprint density at radius 3 is 2.56 bits per heavy atom. The molecule has 2 fully saturated rings. The van der Waals surface area contributed by atoms with Gasteiger partial charge >= 0.3 is 0 Å². The molecule has 0 spiro atoms. The zero-order valence-corrected chi connectivity index (χ0v) is 16.1. The van der Waals surface area contributed by atoms with Crippen molar-refractivity contribution in [2.45, 2.75) is 57.1 Å². The van der Waals surface area contributed by atoms with Crippen LogP contribution in [0.2, 0.25) is 0 Å². The Bertz CT molecular complexity index is 810. The van der Waals surface area contributed by atoms with Crippen molar-refractivity contribution in [3.8, 4) is 5.75 Å². The summed E-state index contributed by atoms with van der Waals surface area (Å²) in [4.78, 5) is 15.2. The van der Waals surface area contributed by atoms with E-state index in [2.05, 4.69) is 29.2 Å². The molecular formula is C23H29NO3. The first-order chi connectivity index (χ1) is 13.1. The number of likely N-dealkylation sites (tertiary alicyclic amines) is 1. The number of amides is 1. The van der Waals surface area contributed by atoms with Gasteiger partial charge in [-0.1, -0.05) is 24.3 Å². The second-order valence-corrected chi connectivity index (χ2v) is 8.08. The van der Waals surface area contributed by atoms with Crippen LogP contribution in [0.25, 0.3) is 10.8 Å².